The fraction of sp³-hybridized carbons (Fsp3) is 0.368. The van der Waals surface area contributed by atoms with Crippen LogP contribution in [0.3, 0.4) is 0 Å². The summed E-state index contributed by atoms with van der Waals surface area (Å²) in [4.78, 5) is 0. The number of nitrogens with two attached hydrogens (primary N) is 1. The standard InChI is InChI=1S/C19H25N/c1-14-8-7-9-15(2)19(14)18(12-13-20)16(3)17-10-5-4-6-11-17/h4-11,16,18H,12-13,20H2,1-3H3. The summed E-state index contributed by atoms with van der Waals surface area (Å²) < 4.78 is 0. The van der Waals surface area contributed by atoms with E-state index in [2.05, 4.69) is 69.3 Å². The van der Waals surface area contributed by atoms with Crippen molar-refractivity contribution in [3.05, 3.63) is 70.8 Å². The number of benzene rings is 2. The molecule has 2 aromatic carbocycles. The van der Waals surface area contributed by atoms with Crippen LogP contribution in [0.1, 0.15) is 47.4 Å². The minimum Gasteiger partial charge on any atom is -0.330 e. The highest BCUT2D eigenvalue weighted by Crippen LogP contribution is 2.38. The molecule has 2 unspecified atom stereocenters. The van der Waals surface area contributed by atoms with Crippen LogP contribution >= 0.6 is 0 Å². The zero-order chi connectivity index (χ0) is 14.5. The topological polar surface area (TPSA) is 26.0 Å². The van der Waals surface area contributed by atoms with Crippen LogP contribution in [0.4, 0.5) is 0 Å². The SMILES string of the molecule is Cc1cccc(C)c1C(CCN)C(C)c1ccccc1. The Labute approximate surface area is 122 Å². The van der Waals surface area contributed by atoms with Gasteiger partial charge in [0, 0.05) is 0 Å². The quantitative estimate of drug-likeness (QED) is 0.845. The van der Waals surface area contributed by atoms with Crippen molar-refractivity contribution in [1.82, 2.24) is 0 Å². The highest BCUT2D eigenvalue weighted by atomic mass is 14.5. The van der Waals surface area contributed by atoms with Crippen molar-refractivity contribution >= 4 is 0 Å². The molecule has 2 rings (SSSR count). The van der Waals surface area contributed by atoms with Crippen LogP contribution < -0.4 is 5.73 Å². The summed E-state index contributed by atoms with van der Waals surface area (Å²) in [7, 11) is 0. The largest absolute Gasteiger partial charge is 0.330 e. The lowest BCUT2D eigenvalue weighted by Gasteiger charge is -2.27. The highest BCUT2D eigenvalue weighted by Gasteiger charge is 2.22. The van der Waals surface area contributed by atoms with Gasteiger partial charge >= 0.3 is 0 Å². The average molecular weight is 267 g/mol. The van der Waals surface area contributed by atoms with Gasteiger partial charge in [0.2, 0.25) is 0 Å². The van der Waals surface area contributed by atoms with E-state index in [1.807, 2.05) is 0 Å². The van der Waals surface area contributed by atoms with Crippen molar-refractivity contribution < 1.29 is 0 Å². The van der Waals surface area contributed by atoms with Gasteiger partial charge in [0.25, 0.3) is 0 Å². The van der Waals surface area contributed by atoms with Crippen molar-refractivity contribution in [2.45, 2.75) is 39.0 Å². The Morgan fingerprint density at radius 3 is 2.05 bits per heavy atom. The van der Waals surface area contributed by atoms with Crippen LogP contribution in [0.2, 0.25) is 0 Å². The number of rotatable bonds is 5. The Hall–Kier alpha value is -1.60. The lowest BCUT2D eigenvalue weighted by atomic mass is 9.77. The van der Waals surface area contributed by atoms with Crippen LogP contribution in [0, 0.1) is 13.8 Å². The molecule has 0 aliphatic heterocycles. The monoisotopic (exact) mass is 267 g/mol. The molecule has 20 heavy (non-hydrogen) atoms. The van der Waals surface area contributed by atoms with Crippen molar-refractivity contribution in [1.29, 1.82) is 0 Å². The molecule has 2 N–H and O–H groups in total. The van der Waals surface area contributed by atoms with Gasteiger partial charge in [-0.2, -0.15) is 0 Å². The van der Waals surface area contributed by atoms with Gasteiger partial charge in [-0.3, -0.25) is 0 Å². The Morgan fingerprint density at radius 2 is 1.50 bits per heavy atom. The van der Waals surface area contributed by atoms with Crippen LogP contribution in [0.25, 0.3) is 0 Å². The molecule has 0 saturated carbocycles. The van der Waals surface area contributed by atoms with E-state index in [-0.39, 0.29) is 0 Å². The Kier molecular flexibility index (Phi) is 4.97. The second-order valence-corrected chi connectivity index (χ2v) is 5.69. The predicted molar refractivity (Wildman–Crippen MR) is 87.2 cm³/mol. The molecule has 0 fully saturated rings. The lowest BCUT2D eigenvalue weighted by molar-refractivity contribution is 0.537. The van der Waals surface area contributed by atoms with E-state index in [1.54, 1.807) is 0 Å². The summed E-state index contributed by atoms with van der Waals surface area (Å²) in [5.74, 6) is 0.975. The average Bonchev–Trinajstić information content (AvgIpc) is 2.46. The van der Waals surface area contributed by atoms with Gasteiger partial charge in [-0.1, -0.05) is 55.5 Å². The summed E-state index contributed by atoms with van der Waals surface area (Å²) in [6, 6.07) is 17.3. The van der Waals surface area contributed by atoms with Crippen LogP contribution in [0.5, 0.6) is 0 Å². The van der Waals surface area contributed by atoms with Crippen LogP contribution in [-0.4, -0.2) is 6.54 Å². The molecule has 2 atom stereocenters. The predicted octanol–water partition coefficient (Wildman–Crippen LogP) is 4.54. The minimum absolute atomic E-state index is 0.486. The fourth-order valence-electron chi connectivity index (χ4n) is 3.23. The number of hydrogen-bond acceptors (Lipinski definition) is 1. The number of aryl methyl sites for hydroxylation is 2. The second-order valence-electron chi connectivity index (χ2n) is 5.69. The van der Waals surface area contributed by atoms with Crippen molar-refractivity contribution in [2.75, 3.05) is 6.54 Å². The van der Waals surface area contributed by atoms with Crippen molar-refractivity contribution in [3.8, 4) is 0 Å². The Morgan fingerprint density at radius 1 is 0.900 bits per heavy atom. The molecule has 0 heterocycles. The number of hydrogen-bond donors (Lipinski definition) is 1. The first kappa shape index (κ1) is 14.8. The van der Waals surface area contributed by atoms with E-state index >= 15 is 0 Å². The summed E-state index contributed by atoms with van der Waals surface area (Å²) in [6.07, 6.45) is 1.03. The highest BCUT2D eigenvalue weighted by molar-refractivity contribution is 5.39. The molecule has 0 amide bonds. The maximum absolute atomic E-state index is 5.88. The molecular weight excluding hydrogens is 242 g/mol. The van der Waals surface area contributed by atoms with Crippen molar-refractivity contribution in [2.24, 2.45) is 5.73 Å². The molecule has 1 nitrogen and oxygen atoms in total. The van der Waals surface area contributed by atoms with Gasteiger partial charge in [0.05, 0.1) is 0 Å². The second kappa shape index (κ2) is 6.71. The molecule has 106 valence electrons. The van der Waals surface area contributed by atoms with Gasteiger partial charge < -0.3 is 5.73 Å². The molecule has 0 bridgehead atoms. The minimum atomic E-state index is 0.486. The maximum Gasteiger partial charge on any atom is -0.00712 e. The molecule has 0 aliphatic rings. The molecule has 0 spiro atoms. The van der Waals surface area contributed by atoms with E-state index in [9.17, 15) is 0 Å². The third-order valence-corrected chi connectivity index (χ3v) is 4.32. The molecule has 1 heteroatoms. The van der Waals surface area contributed by atoms with E-state index in [0.717, 1.165) is 13.0 Å². The molecule has 0 saturated heterocycles. The summed E-state index contributed by atoms with van der Waals surface area (Å²) in [5, 5.41) is 0. The Balaban J connectivity index is 2.41. The smallest absolute Gasteiger partial charge is 0.00712 e. The van der Waals surface area contributed by atoms with Gasteiger partial charge in [-0.15, -0.1) is 0 Å². The van der Waals surface area contributed by atoms with E-state index in [4.69, 9.17) is 5.73 Å². The first-order chi connectivity index (χ1) is 9.65. The molecule has 0 aliphatic carbocycles. The van der Waals surface area contributed by atoms with Crippen LogP contribution in [-0.2, 0) is 0 Å². The molecule has 0 aromatic heterocycles. The lowest BCUT2D eigenvalue weighted by Crippen LogP contribution is -2.16. The maximum atomic E-state index is 5.88. The summed E-state index contributed by atoms with van der Waals surface area (Å²) >= 11 is 0. The first-order valence-electron chi connectivity index (χ1n) is 7.46. The van der Waals surface area contributed by atoms with Crippen LogP contribution in [0.15, 0.2) is 48.5 Å². The first-order valence-corrected chi connectivity index (χ1v) is 7.46. The van der Waals surface area contributed by atoms with E-state index in [0.29, 0.717) is 11.8 Å². The van der Waals surface area contributed by atoms with E-state index < -0.39 is 0 Å². The summed E-state index contributed by atoms with van der Waals surface area (Å²) in [6.45, 7) is 7.48. The molecular formula is C19H25N. The Bertz CT molecular complexity index is 525. The zero-order valence-corrected chi connectivity index (χ0v) is 12.8. The molecule has 0 radical (unpaired) electrons. The third kappa shape index (κ3) is 3.10. The summed E-state index contributed by atoms with van der Waals surface area (Å²) in [5.41, 5.74) is 11.5. The van der Waals surface area contributed by atoms with Gasteiger partial charge in [-0.25, -0.2) is 0 Å². The molecule has 2 aromatic rings. The normalized spacial score (nSPS) is 14.0. The fourth-order valence-corrected chi connectivity index (χ4v) is 3.23. The van der Waals surface area contributed by atoms with Gasteiger partial charge in [0.15, 0.2) is 0 Å². The van der Waals surface area contributed by atoms with Gasteiger partial charge in [-0.05, 0) is 60.9 Å². The van der Waals surface area contributed by atoms with Crippen molar-refractivity contribution in [3.63, 3.8) is 0 Å². The third-order valence-electron chi connectivity index (χ3n) is 4.32. The van der Waals surface area contributed by atoms with Gasteiger partial charge in [0.1, 0.15) is 0 Å². The zero-order valence-electron chi connectivity index (χ0n) is 12.8. The van der Waals surface area contributed by atoms with E-state index in [1.165, 1.54) is 22.3 Å².